The Balaban J connectivity index is 1.60. The lowest BCUT2D eigenvalue weighted by Crippen LogP contribution is -2.37. The number of non-ortho nitro benzene ring substituents is 1. The third-order valence-electron chi connectivity index (χ3n) is 4.54. The van der Waals surface area contributed by atoms with Gasteiger partial charge in [-0.25, -0.2) is 17.9 Å². The average Bonchev–Trinajstić information content (AvgIpc) is 3.01. The number of aromatic nitrogens is 1. The van der Waals surface area contributed by atoms with E-state index in [4.69, 9.17) is 4.42 Å². The van der Waals surface area contributed by atoms with Crippen molar-refractivity contribution in [3.05, 3.63) is 68.2 Å². The van der Waals surface area contributed by atoms with Crippen LogP contribution in [0.4, 0.5) is 5.69 Å². The molecule has 3 aromatic rings. The minimum Gasteiger partial charge on any atom is -0.407 e. The number of hydrogen-bond acceptors (Lipinski definition) is 7. The highest BCUT2D eigenvalue weighted by atomic mass is 32.2. The normalized spacial score (nSPS) is 11.5. The number of amides is 1. The number of hydrogen-bond donors (Lipinski definition) is 2. The molecule has 0 saturated heterocycles. The van der Waals surface area contributed by atoms with Gasteiger partial charge in [0.1, 0.15) is 6.54 Å². The van der Waals surface area contributed by atoms with E-state index in [0.29, 0.717) is 5.56 Å². The van der Waals surface area contributed by atoms with Crippen LogP contribution in [-0.4, -0.2) is 36.9 Å². The third kappa shape index (κ3) is 4.98. The van der Waals surface area contributed by atoms with Crippen LogP contribution >= 0.6 is 0 Å². The van der Waals surface area contributed by atoms with Crippen LogP contribution in [0, 0.1) is 24.0 Å². The number of rotatable bonds is 8. The average molecular weight is 448 g/mol. The maximum Gasteiger partial charge on any atom is 0.420 e. The number of benzene rings is 2. The van der Waals surface area contributed by atoms with Crippen molar-refractivity contribution in [2.75, 3.05) is 13.1 Å². The molecule has 3 rings (SSSR count). The minimum absolute atomic E-state index is 0.00106. The Morgan fingerprint density at radius 1 is 1.16 bits per heavy atom. The molecule has 0 aliphatic carbocycles. The number of sulfonamides is 1. The van der Waals surface area contributed by atoms with Crippen LogP contribution in [0.15, 0.2) is 50.5 Å². The van der Waals surface area contributed by atoms with Gasteiger partial charge < -0.3 is 9.73 Å². The van der Waals surface area contributed by atoms with Gasteiger partial charge in [-0.2, -0.15) is 0 Å². The Morgan fingerprint density at radius 2 is 1.90 bits per heavy atom. The zero-order valence-corrected chi connectivity index (χ0v) is 17.6. The molecule has 1 amide bonds. The van der Waals surface area contributed by atoms with Crippen LogP contribution in [0.5, 0.6) is 0 Å². The maximum atomic E-state index is 12.4. The molecule has 0 atom stereocenters. The molecule has 0 aliphatic rings. The predicted molar refractivity (Wildman–Crippen MR) is 111 cm³/mol. The van der Waals surface area contributed by atoms with Crippen molar-refractivity contribution in [3.8, 4) is 0 Å². The van der Waals surface area contributed by atoms with Crippen LogP contribution in [-0.2, 0) is 21.4 Å². The fourth-order valence-corrected chi connectivity index (χ4v) is 4.34. The highest BCUT2D eigenvalue weighted by molar-refractivity contribution is 7.89. The molecule has 0 radical (unpaired) electrons. The Hall–Kier alpha value is -3.51. The summed E-state index contributed by atoms with van der Waals surface area (Å²) in [4.78, 5) is 34.5. The lowest BCUT2D eigenvalue weighted by molar-refractivity contribution is -0.384. The van der Waals surface area contributed by atoms with E-state index in [1.54, 1.807) is 26.0 Å². The molecule has 1 heterocycles. The van der Waals surface area contributed by atoms with Crippen molar-refractivity contribution in [3.63, 3.8) is 0 Å². The molecule has 31 heavy (non-hydrogen) atoms. The number of fused-ring (bicyclic) bond motifs is 1. The first-order valence-electron chi connectivity index (χ1n) is 9.20. The van der Waals surface area contributed by atoms with Gasteiger partial charge in [-0.15, -0.1) is 0 Å². The number of oxazole rings is 1. The van der Waals surface area contributed by atoms with E-state index in [-0.39, 0.29) is 41.3 Å². The van der Waals surface area contributed by atoms with Crippen LogP contribution < -0.4 is 15.8 Å². The summed E-state index contributed by atoms with van der Waals surface area (Å²) in [5.74, 6) is -1.38. The summed E-state index contributed by atoms with van der Waals surface area (Å²) < 4.78 is 33.3. The number of nitro benzene ring substituents is 1. The summed E-state index contributed by atoms with van der Waals surface area (Å²) in [7, 11) is -3.73. The largest absolute Gasteiger partial charge is 0.420 e. The Labute approximate surface area is 176 Å². The Bertz CT molecular complexity index is 1320. The van der Waals surface area contributed by atoms with Crippen molar-refractivity contribution in [2.24, 2.45) is 0 Å². The smallest absolute Gasteiger partial charge is 0.407 e. The molecule has 0 saturated carbocycles. The maximum absolute atomic E-state index is 12.4. The molecule has 0 bridgehead atoms. The van der Waals surface area contributed by atoms with Gasteiger partial charge in [0.2, 0.25) is 15.9 Å². The van der Waals surface area contributed by atoms with E-state index in [1.807, 2.05) is 6.07 Å². The molecular weight excluding hydrogens is 428 g/mol. The van der Waals surface area contributed by atoms with Gasteiger partial charge in [-0.05, 0) is 37.1 Å². The summed E-state index contributed by atoms with van der Waals surface area (Å²) in [6.45, 7) is 3.05. The van der Waals surface area contributed by atoms with Crippen LogP contribution in [0.25, 0.3) is 11.1 Å². The van der Waals surface area contributed by atoms with Crippen molar-refractivity contribution < 1.29 is 22.6 Å². The summed E-state index contributed by atoms with van der Waals surface area (Å²) >= 11 is 0. The van der Waals surface area contributed by atoms with Crippen molar-refractivity contribution >= 4 is 32.7 Å². The van der Waals surface area contributed by atoms with Gasteiger partial charge in [-0.3, -0.25) is 19.5 Å². The van der Waals surface area contributed by atoms with Gasteiger partial charge in [0.05, 0.1) is 21.4 Å². The second kappa shape index (κ2) is 8.70. The summed E-state index contributed by atoms with van der Waals surface area (Å²) in [5, 5.41) is 13.3. The van der Waals surface area contributed by atoms with Crippen molar-refractivity contribution in [1.29, 1.82) is 0 Å². The molecule has 0 aliphatic heterocycles. The van der Waals surface area contributed by atoms with E-state index in [9.17, 15) is 28.1 Å². The number of nitrogens with one attached hydrogen (secondary N) is 2. The van der Waals surface area contributed by atoms with E-state index in [2.05, 4.69) is 10.0 Å². The number of nitrogens with zero attached hydrogens (tertiary/aromatic N) is 2. The number of nitro groups is 1. The Kier molecular flexibility index (Phi) is 6.22. The van der Waals surface area contributed by atoms with E-state index < -0.39 is 26.6 Å². The first-order valence-corrected chi connectivity index (χ1v) is 10.7. The number of aryl methyl sites for hydroxylation is 2. The molecular formula is C19H20N4O7S. The summed E-state index contributed by atoms with van der Waals surface area (Å²) in [6, 6.07) is 8.73. The van der Waals surface area contributed by atoms with E-state index >= 15 is 0 Å². The first kappa shape index (κ1) is 22.2. The quantitative estimate of drug-likeness (QED) is 0.298. The zero-order valence-electron chi connectivity index (χ0n) is 16.7. The SMILES string of the molecule is Cc1ccc(C)c(S(=O)(=O)NCCNC(=O)Cn2c(=O)oc3cc([N+](=O)[O-])ccc32)c1. The number of carbonyl (C=O) groups excluding carboxylic acids is 1. The molecule has 0 spiro atoms. The molecule has 2 N–H and O–H groups in total. The second-order valence-electron chi connectivity index (χ2n) is 6.88. The van der Waals surface area contributed by atoms with Gasteiger partial charge >= 0.3 is 5.76 Å². The molecule has 0 fully saturated rings. The standard InChI is InChI=1S/C19H20N4O7S/c1-12-3-4-13(2)17(9-12)31(28,29)21-8-7-20-18(24)11-22-15-6-5-14(23(26)27)10-16(15)30-19(22)25/h3-6,9-10,21H,7-8,11H2,1-2H3,(H,20,24). The third-order valence-corrected chi connectivity index (χ3v) is 6.14. The lowest BCUT2D eigenvalue weighted by Gasteiger charge is -2.11. The molecule has 2 aromatic carbocycles. The van der Waals surface area contributed by atoms with Gasteiger partial charge in [0, 0.05) is 19.2 Å². The minimum atomic E-state index is -3.73. The summed E-state index contributed by atoms with van der Waals surface area (Å²) in [5.41, 5.74) is 1.40. The first-order chi connectivity index (χ1) is 14.6. The van der Waals surface area contributed by atoms with E-state index in [1.165, 1.54) is 12.1 Å². The molecule has 164 valence electrons. The lowest BCUT2D eigenvalue weighted by atomic mass is 10.2. The van der Waals surface area contributed by atoms with Crippen molar-refractivity contribution in [2.45, 2.75) is 25.3 Å². The summed E-state index contributed by atoms with van der Waals surface area (Å²) in [6.07, 6.45) is 0. The highest BCUT2D eigenvalue weighted by Crippen LogP contribution is 2.20. The van der Waals surface area contributed by atoms with Crippen molar-refractivity contribution in [1.82, 2.24) is 14.6 Å². The zero-order chi connectivity index (χ0) is 22.8. The molecule has 1 aromatic heterocycles. The van der Waals surface area contributed by atoms with E-state index in [0.717, 1.165) is 16.2 Å². The van der Waals surface area contributed by atoms with Gasteiger partial charge in [-0.1, -0.05) is 12.1 Å². The fourth-order valence-electron chi connectivity index (χ4n) is 2.98. The monoisotopic (exact) mass is 448 g/mol. The molecule has 12 heteroatoms. The predicted octanol–water partition coefficient (Wildman–Crippen LogP) is 1.21. The van der Waals surface area contributed by atoms with Crippen LogP contribution in [0.1, 0.15) is 11.1 Å². The second-order valence-corrected chi connectivity index (χ2v) is 8.62. The molecule has 0 unspecified atom stereocenters. The topological polar surface area (TPSA) is 154 Å². The van der Waals surface area contributed by atoms with Gasteiger partial charge in [0.25, 0.3) is 5.69 Å². The molecule has 11 nitrogen and oxygen atoms in total. The van der Waals surface area contributed by atoms with Crippen LogP contribution in [0.3, 0.4) is 0 Å². The highest BCUT2D eigenvalue weighted by Gasteiger charge is 2.18. The Morgan fingerprint density at radius 3 is 2.61 bits per heavy atom. The van der Waals surface area contributed by atoms with Crippen LogP contribution in [0.2, 0.25) is 0 Å². The van der Waals surface area contributed by atoms with Gasteiger partial charge in [0.15, 0.2) is 5.58 Å². The number of carbonyl (C=O) groups is 1. The fraction of sp³-hybridized carbons (Fsp3) is 0.263.